The lowest BCUT2D eigenvalue weighted by molar-refractivity contribution is -0.116. The second-order valence-electron chi connectivity index (χ2n) is 4.16. The van der Waals surface area contributed by atoms with Gasteiger partial charge in [0, 0.05) is 5.69 Å². The highest BCUT2D eigenvalue weighted by atomic mass is 16.2. The normalized spacial score (nSPS) is 10.3. The van der Waals surface area contributed by atoms with Crippen molar-refractivity contribution in [2.24, 2.45) is 0 Å². The molecule has 5 nitrogen and oxygen atoms in total. The Morgan fingerprint density at radius 1 is 1.33 bits per heavy atom. The number of nitrogens with two attached hydrogens (primary N) is 1. The van der Waals surface area contributed by atoms with Crippen LogP contribution in [0.15, 0.2) is 30.3 Å². The lowest BCUT2D eigenvalue weighted by Gasteiger charge is -2.06. The van der Waals surface area contributed by atoms with E-state index >= 15 is 0 Å². The average Bonchev–Trinajstić information content (AvgIpc) is 2.58. The van der Waals surface area contributed by atoms with Gasteiger partial charge in [0.1, 0.15) is 6.54 Å². The van der Waals surface area contributed by atoms with Crippen LogP contribution in [0, 0.1) is 13.8 Å². The lowest BCUT2D eigenvalue weighted by atomic mass is 10.3. The topological polar surface area (TPSA) is 72.9 Å². The number of nitrogens with one attached hydrogen (secondary N) is 1. The van der Waals surface area contributed by atoms with Crippen molar-refractivity contribution in [3.63, 3.8) is 0 Å². The molecule has 2 aromatic rings. The zero-order valence-corrected chi connectivity index (χ0v) is 10.5. The van der Waals surface area contributed by atoms with Crippen LogP contribution < -0.4 is 11.1 Å². The SMILES string of the molecule is Cc1nn(CC(=O)Nc2ccccc2)c(C)c1N. The van der Waals surface area contributed by atoms with E-state index in [9.17, 15) is 4.79 Å². The van der Waals surface area contributed by atoms with Gasteiger partial charge in [-0.05, 0) is 26.0 Å². The van der Waals surface area contributed by atoms with Gasteiger partial charge in [-0.25, -0.2) is 0 Å². The summed E-state index contributed by atoms with van der Waals surface area (Å²) in [6.45, 7) is 3.85. The molecule has 3 N–H and O–H groups in total. The number of carbonyl (C=O) groups is 1. The first-order valence-electron chi connectivity index (χ1n) is 5.72. The number of rotatable bonds is 3. The van der Waals surface area contributed by atoms with Crippen LogP contribution in [0.4, 0.5) is 11.4 Å². The minimum Gasteiger partial charge on any atom is -0.396 e. The molecule has 1 aromatic carbocycles. The van der Waals surface area contributed by atoms with E-state index < -0.39 is 0 Å². The van der Waals surface area contributed by atoms with Crippen molar-refractivity contribution in [3.8, 4) is 0 Å². The van der Waals surface area contributed by atoms with E-state index in [1.807, 2.05) is 44.2 Å². The number of anilines is 2. The molecule has 0 fully saturated rings. The van der Waals surface area contributed by atoms with Gasteiger partial charge in [0.25, 0.3) is 0 Å². The molecule has 5 heteroatoms. The Hall–Kier alpha value is -2.30. The summed E-state index contributed by atoms with van der Waals surface area (Å²) in [4.78, 5) is 11.8. The zero-order valence-electron chi connectivity index (χ0n) is 10.5. The number of para-hydroxylation sites is 1. The van der Waals surface area contributed by atoms with Crippen molar-refractivity contribution in [1.29, 1.82) is 0 Å². The maximum absolute atomic E-state index is 11.8. The summed E-state index contributed by atoms with van der Waals surface area (Å²) < 4.78 is 1.61. The summed E-state index contributed by atoms with van der Waals surface area (Å²) >= 11 is 0. The maximum Gasteiger partial charge on any atom is 0.246 e. The quantitative estimate of drug-likeness (QED) is 0.863. The fourth-order valence-corrected chi connectivity index (χ4v) is 1.72. The van der Waals surface area contributed by atoms with Gasteiger partial charge in [-0.15, -0.1) is 0 Å². The summed E-state index contributed by atoms with van der Waals surface area (Å²) in [5.41, 5.74) is 8.80. The number of amides is 1. The highest BCUT2D eigenvalue weighted by Crippen LogP contribution is 2.14. The number of nitrogens with zero attached hydrogens (tertiary/aromatic N) is 2. The van der Waals surface area contributed by atoms with E-state index in [2.05, 4.69) is 10.4 Å². The molecule has 1 aromatic heterocycles. The molecule has 0 atom stereocenters. The third-order valence-electron chi connectivity index (χ3n) is 2.79. The number of benzene rings is 1. The number of nitrogen functional groups attached to an aromatic ring is 1. The number of aryl methyl sites for hydroxylation is 1. The van der Waals surface area contributed by atoms with Gasteiger partial charge < -0.3 is 11.1 Å². The standard InChI is InChI=1S/C13H16N4O/c1-9-13(14)10(2)17(16-9)8-12(18)15-11-6-4-3-5-7-11/h3-7H,8,14H2,1-2H3,(H,15,18). The van der Waals surface area contributed by atoms with Crippen molar-refractivity contribution in [2.45, 2.75) is 20.4 Å². The van der Waals surface area contributed by atoms with Gasteiger partial charge >= 0.3 is 0 Å². The second-order valence-corrected chi connectivity index (χ2v) is 4.16. The second kappa shape index (κ2) is 4.91. The molecule has 1 amide bonds. The van der Waals surface area contributed by atoms with E-state index in [1.165, 1.54) is 0 Å². The number of hydrogen-bond donors (Lipinski definition) is 2. The van der Waals surface area contributed by atoms with E-state index in [0.717, 1.165) is 17.1 Å². The Balaban J connectivity index is 2.06. The maximum atomic E-state index is 11.8. The third-order valence-corrected chi connectivity index (χ3v) is 2.79. The van der Waals surface area contributed by atoms with Crippen LogP contribution in [0.25, 0.3) is 0 Å². The molecular weight excluding hydrogens is 228 g/mol. The van der Waals surface area contributed by atoms with Crippen LogP contribution in [0.3, 0.4) is 0 Å². The molecule has 0 saturated heterocycles. The first kappa shape index (κ1) is 12.2. The van der Waals surface area contributed by atoms with Crippen LogP contribution in [-0.4, -0.2) is 15.7 Å². The molecule has 0 unspecified atom stereocenters. The molecule has 1 heterocycles. The summed E-state index contributed by atoms with van der Waals surface area (Å²) in [7, 11) is 0. The van der Waals surface area contributed by atoms with E-state index in [4.69, 9.17) is 5.73 Å². The van der Waals surface area contributed by atoms with Crippen LogP contribution in [0.1, 0.15) is 11.4 Å². The molecule has 0 saturated carbocycles. The molecule has 18 heavy (non-hydrogen) atoms. The molecule has 0 spiro atoms. The molecular formula is C13H16N4O. The molecule has 2 rings (SSSR count). The van der Waals surface area contributed by atoms with Crippen molar-refractivity contribution < 1.29 is 4.79 Å². The van der Waals surface area contributed by atoms with Gasteiger partial charge in [-0.3, -0.25) is 9.48 Å². The van der Waals surface area contributed by atoms with Crippen molar-refractivity contribution in [2.75, 3.05) is 11.1 Å². The number of hydrogen-bond acceptors (Lipinski definition) is 3. The molecule has 0 aliphatic carbocycles. The average molecular weight is 244 g/mol. The summed E-state index contributed by atoms with van der Waals surface area (Å²) in [6.07, 6.45) is 0. The van der Waals surface area contributed by atoms with Crippen LogP contribution >= 0.6 is 0 Å². The Labute approximate surface area is 106 Å². The molecule has 0 radical (unpaired) electrons. The highest BCUT2D eigenvalue weighted by molar-refractivity contribution is 5.90. The predicted octanol–water partition coefficient (Wildman–Crippen LogP) is 1.72. The van der Waals surface area contributed by atoms with E-state index in [1.54, 1.807) is 4.68 Å². The Bertz CT molecular complexity index is 560. The van der Waals surface area contributed by atoms with Crippen LogP contribution in [-0.2, 0) is 11.3 Å². The predicted molar refractivity (Wildman–Crippen MR) is 71.2 cm³/mol. The van der Waals surface area contributed by atoms with Crippen molar-refractivity contribution in [3.05, 3.63) is 41.7 Å². The van der Waals surface area contributed by atoms with Gasteiger partial charge in [0.05, 0.1) is 17.1 Å². The fourth-order valence-electron chi connectivity index (χ4n) is 1.72. The van der Waals surface area contributed by atoms with Crippen LogP contribution in [0.2, 0.25) is 0 Å². The minimum absolute atomic E-state index is 0.119. The van der Waals surface area contributed by atoms with Gasteiger partial charge in [-0.2, -0.15) is 5.10 Å². The molecule has 0 aliphatic rings. The van der Waals surface area contributed by atoms with E-state index in [-0.39, 0.29) is 12.5 Å². The first-order valence-corrected chi connectivity index (χ1v) is 5.72. The number of carbonyl (C=O) groups excluding carboxylic acids is 1. The monoisotopic (exact) mass is 244 g/mol. The Morgan fingerprint density at radius 3 is 2.56 bits per heavy atom. The highest BCUT2D eigenvalue weighted by Gasteiger charge is 2.11. The molecule has 94 valence electrons. The largest absolute Gasteiger partial charge is 0.396 e. The Morgan fingerprint density at radius 2 is 2.00 bits per heavy atom. The Kier molecular flexibility index (Phi) is 3.32. The zero-order chi connectivity index (χ0) is 13.1. The third kappa shape index (κ3) is 2.51. The van der Waals surface area contributed by atoms with Gasteiger partial charge in [0.2, 0.25) is 5.91 Å². The smallest absolute Gasteiger partial charge is 0.246 e. The minimum atomic E-state index is -0.119. The van der Waals surface area contributed by atoms with Crippen molar-refractivity contribution >= 4 is 17.3 Å². The van der Waals surface area contributed by atoms with Gasteiger partial charge in [-0.1, -0.05) is 18.2 Å². The van der Waals surface area contributed by atoms with E-state index in [0.29, 0.717) is 5.69 Å². The van der Waals surface area contributed by atoms with Gasteiger partial charge in [0.15, 0.2) is 0 Å². The molecule has 0 bridgehead atoms. The summed E-state index contributed by atoms with van der Waals surface area (Å²) in [5, 5.41) is 7.03. The fraction of sp³-hybridized carbons (Fsp3) is 0.231. The number of aromatic nitrogens is 2. The first-order chi connectivity index (χ1) is 8.58. The summed E-state index contributed by atoms with van der Waals surface area (Å²) in [5.74, 6) is -0.119. The van der Waals surface area contributed by atoms with Crippen LogP contribution in [0.5, 0.6) is 0 Å². The molecule has 0 aliphatic heterocycles. The lowest BCUT2D eigenvalue weighted by Crippen LogP contribution is -2.20. The van der Waals surface area contributed by atoms with Crippen molar-refractivity contribution in [1.82, 2.24) is 9.78 Å². The summed E-state index contributed by atoms with van der Waals surface area (Å²) in [6, 6.07) is 9.33.